The molecule has 1 unspecified atom stereocenters. The standard InChI is InChI=1S/C11H14N2O/c1-6-3-4-9(12)10-8(7(2)14)5-13-11(6)10/h3-5,7,13-14H,12H2,1-2H3. The number of aromatic amines is 1. The van der Waals surface area contributed by atoms with Gasteiger partial charge in [-0.05, 0) is 25.5 Å². The summed E-state index contributed by atoms with van der Waals surface area (Å²) in [6.07, 6.45) is 1.33. The molecule has 0 aliphatic heterocycles. The lowest BCUT2D eigenvalue weighted by molar-refractivity contribution is 0.201. The normalized spacial score (nSPS) is 13.4. The van der Waals surface area contributed by atoms with Crippen molar-refractivity contribution < 1.29 is 5.11 Å². The van der Waals surface area contributed by atoms with Crippen LogP contribution in [0.15, 0.2) is 18.3 Å². The number of nitrogen functional groups attached to an aromatic ring is 1. The fourth-order valence-corrected chi connectivity index (χ4v) is 1.77. The molecule has 74 valence electrons. The molecule has 3 heteroatoms. The van der Waals surface area contributed by atoms with E-state index >= 15 is 0 Å². The van der Waals surface area contributed by atoms with Gasteiger partial charge in [0.15, 0.2) is 0 Å². The molecule has 0 spiro atoms. The first kappa shape index (κ1) is 9.09. The van der Waals surface area contributed by atoms with Crippen molar-refractivity contribution >= 4 is 16.6 Å². The minimum Gasteiger partial charge on any atom is -0.398 e. The Bertz CT molecular complexity index is 471. The molecule has 0 saturated carbocycles. The molecule has 0 aliphatic rings. The molecule has 0 bridgehead atoms. The SMILES string of the molecule is Cc1ccc(N)c2c(C(C)O)c[nH]c12. The highest BCUT2D eigenvalue weighted by Crippen LogP contribution is 2.30. The maximum absolute atomic E-state index is 9.55. The van der Waals surface area contributed by atoms with Gasteiger partial charge in [-0.15, -0.1) is 0 Å². The lowest BCUT2D eigenvalue weighted by Gasteiger charge is -2.05. The van der Waals surface area contributed by atoms with E-state index in [1.165, 1.54) is 0 Å². The number of hydrogen-bond donors (Lipinski definition) is 3. The van der Waals surface area contributed by atoms with Gasteiger partial charge >= 0.3 is 0 Å². The fourth-order valence-electron chi connectivity index (χ4n) is 1.77. The van der Waals surface area contributed by atoms with Gasteiger partial charge in [-0.3, -0.25) is 0 Å². The summed E-state index contributed by atoms with van der Waals surface area (Å²) in [5, 5.41) is 10.5. The van der Waals surface area contributed by atoms with E-state index in [1.807, 2.05) is 25.3 Å². The van der Waals surface area contributed by atoms with Crippen LogP contribution in [0.2, 0.25) is 0 Å². The number of H-pyrrole nitrogens is 1. The highest BCUT2D eigenvalue weighted by Gasteiger charge is 2.12. The second-order valence-corrected chi connectivity index (χ2v) is 3.64. The Labute approximate surface area is 82.6 Å². The van der Waals surface area contributed by atoms with Crippen LogP contribution in [-0.2, 0) is 0 Å². The van der Waals surface area contributed by atoms with Gasteiger partial charge < -0.3 is 15.8 Å². The number of fused-ring (bicyclic) bond motifs is 1. The number of nitrogens with one attached hydrogen (secondary N) is 1. The Balaban J connectivity index is 2.84. The lowest BCUT2D eigenvalue weighted by atomic mass is 10.1. The van der Waals surface area contributed by atoms with Crippen molar-refractivity contribution in [2.45, 2.75) is 20.0 Å². The molecule has 1 atom stereocenters. The molecule has 1 aromatic carbocycles. The monoisotopic (exact) mass is 190 g/mol. The van der Waals surface area contributed by atoms with Gasteiger partial charge in [0.05, 0.1) is 11.6 Å². The number of aryl methyl sites for hydroxylation is 1. The van der Waals surface area contributed by atoms with E-state index in [2.05, 4.69) is 4.98 Å². The van der Waals surface area contributed by atoms with Crippen LogP contribution in [-0.4, -0.2) is 10.1 Å². The van der Waals surface area contributed by atoms with Crippen LogP contribution in [0, 0.1) is 6.92 Å². The molecule has 0 radical (unpaired) electrons. The predicted molar refractivity (Wildman–Crippen MR) is 58.1 cm³/mol. The molecule has 4 N–H and O–H groups in total. The molecule has 2 aromatic rings. The first-order valence-electron chi connectivity index (χ1n) is 4.65. The van der Waals surface area contributed by atoms with Crippen LogP contribution in [0.4, 0.5) is 5.69 Å². The van der Waals surface area contributed by atoms with Crippen molar-refractivity contribution in [2.24, 2.45) is 0 Å². The maximum atomic E-state index is 9.55. The summed E-state index contributed by atoms with van der Waals surface area (Å²) >= 11 is 0. The molecule has 0 aliphatic carbocycles. The van der Waals surface area contributed by atoms with Crippen LogP contribution in [0.3, 0.4) is 0 Å². The number of aliphatic hydroxyl groups is 1. The van der Waals surface area contributed by atoms with Crippen LogP contribution in [0.5, 0.6) is 0 Å². The third-order valence-corrected chi connectivity index (χ3v) is 2.56. The van der Waals surface area contributed by atoms with Crippen molar-refractivity contribution in [3.05, 3.63) is 29.5 Å². The zero-order chi connectivity index (χ0) is 10.3. The van der Waals surface area contributed by atoms with Crippen molar-refractivity contribution in [2.75, 3.05) is 5.73 Å². The molecular formula is C11H14N2O. The van der Waals surface area contributed by atoms with Crippen LogP contribution in [0.1, 0.15) is 24.2 Å². The molecule has 3 nitrogen and oxygen atoms in total. The molecular weight excluding hydrogens is 176 g/mol. The Kier molecular flexibility index (Phi) is 1.97. The van der Waals surface area contributed by atoms with E-state index in [1.54, 1.807) is 6.92 Å². The summed E-state index contributed by atoms with van der Waals surface area (Å²) in [5.41, 5.74) is 9.60. The van der Waals surface area contributed by atoms with E-state index in [4.69, 9.17) is 5.73 Å². The quantitative estimate of drug-likeness (QED) is 0.603. The number of aromatic nitrogens is 1. The zero-order valence-corrected chi connectivity index (χ0v) is 8.33. The van der Waals surface area contributed by atoms with E-state index in [0.29, 0.717) is 5.69 Å². The minimum atomic E-state index is -0.493. The summed E-state index contributed by atoms with van der Waals surface area (Å²) in [6, 6.07) is 3.84. The second-order valence-electron chi connectivity index (χ2n) is 3.64. The number of benzene rings is 1. The van der Waals surface area contributed by atoms with Gasteiger partial charge in [0.1, 0.15) is 0 Å². The van der Waals surface area contributed by atoms with Gasteiger partial charge in [0.2, 0.25) is 0 Å². The first-order valence-corrected chi connectivity index (χ1v) is 4.65. The van der Waals surface area contributed by atoms with Gasteiger partial charge in [-0.25, -0.2) is 0 Å². The average molecular weight is 190 g/mol. The Morgan fingerprint density at radius 3 is 2.79 bits per heavy atom. The van der Waals surface area contributed by atoms with E-state index < -0.39 is 6.10 Å². The second kappa shape index (κ2) is 3.03. The van der Waals surface area contributed by atoms with E-state index in [9.17, 15) is 5.11 Å². The van der Waals surface area contributed by atoms with Crippen molar-refractivity contribution in [3.63, 3.8) is 0 Å². The fraction of sp³-hybridized carbons (Fsp3) is 0.273. The summed E-state index contributed by atoms with van der Waals surface area (Å²) in [6.45, 7) is 3.76. The Morgan fingerprint density at radius 2 is 2.14 bits per heavy atom. The molecule has 1 aromatic heterocycles. The molecule has 0 amide bonds. The van der Waals surface area contributed by atoms with Gasteiger partial charge in [0, 0.05) is 22.8 Å². The van der Waals surface area contributed by atoms with E-state index in [-0.39, 0.29) is 0 Å². The molecule has 0 saturated heterocycles. The third kappa shape index (κ3) is 1.17. The first-order chi connectivity index (χ1) is 6.61. The average Bonchev–Trinajstić information content (AvgIpc) is 2.56. The lowest BCUT2D eigenvalue weighted by Crippen LogP contribution is -1.93. The van der Waals surface area contributed by atoms with Gasteiger partial charge in [0.25, 0.3) is 0 Å². The summed E-state index contributed by atoms with van der Waals surface area (Å²) in [4.78, 5) is 3.14. The number of aliphatic hydroxyl groups excluding tert-OH is 1. The molecule has 14 heavy (non-hydrogen) atoms. The maximum Gasteiger partial charge on any atom is 0.0783 e. The Hall–Kier alpha value is -1.48. The van der Waals surface area contributed by atoms with Gasteiger partial charge in [-0.1, -0.05) is 6.07 Å². The number of anilines is 1. The topological polar surface area (TPSA) is 62.0 Å². The van der Waals surface area contributed by atoms with Crippen molar-refractivity contribution in [1.29, 1.82) is 0 Å². The van der Waals surface area contributed by atoms with Crippen LogP contribution in [0.25, 0.3) is 10.9 Å². The highest BCUT2D eigenvalue weighted by atomic mass is 16.3. The largest absolute Gasteiger partial charge is 0.398 e. The third-order valence-electron chi connectivity index (χ3n) is 2.56. The summed E-state index contributed by atoms with van der Waals surface area (Å²) in [7, 11) is 0. The highest BCUT2D eigenvalue weighted by molar-refractivity contribution is 5.96. The molecule has 2 rings (SSSR count). The van der Waals surface area contributed by atoms with Crippen LogP contribution >= 0.6 is 0 Å². The zero-order valence-electron chi connectivity index (χ0n) is 8.33. The van der Waals surface area contributed by atoms with Crippen molar-refractivity contribution in [1.82, 2.24) is 4.98 Å². The predicted octanol–water partition coefficient (Wildman–Crippen LogP) is 2.11. The Morgan fingerprint density at radius 1 is 1.43 bits per heavy atom. The van der Waals surface area contributed by atoms with Gasteiger partial charge in [-0.2, -0.15) is 0 Å². The number of hydrogen-bond acceptors (Lipinski definition) is 2. The number of rotatable bonds is 1. The van der Waals surface area contributed by atoms with Crippen LogP contribution < -0.4 is 5.73 Å². The summed E-state index contributed by atoms with van der Waals surface area (Å²) in [5.74, 6) is 0. The smallest absolute Gasteiger partial charge is 0.0783 e. The molecule has 1 heterocycles. The van der Waals surface area contributed by atoms with Crippen molar-refractivity contribution in [3.8, 4) is 0 Å². The minimum absolute atomic E-state index is 0.493. The number of nitrogens with two attached hydrogens (primary N) is 1. The van der Waals surface area contributed by atoms with E-state index in [0.717, 1.165) is 22.0 Å². The summed E-state index contributed by atoms with van der Waals surface area (Å²) < 4.78 is 0. The molecule has 0 fully saturated rings.